The second-order valence-corrected chi connectivity index (χ2v) is 4.88. The highest BCUT2D eigenvalue weighted by molar-refractivity contribution is 5.34. The van der Waals surface area contributed by atoms with Crippen molar-refractivity contribution in [3.8, 4) is 6.07 Å². The van der Waals surface area contributed by atoms with Crippen molar-refractivity contribution in [3.05, 3.63) is 53.1 Å². The SMILES string of the molecule is N#Cc1ccc(C2CCCc3cnc(CN)n32)cc1. The summed E-state index contributed by atoms with van der Waals surface area (Å²) in [5.41, 5.74) is 8.97. The molecule has 4 heteroatoms. The number of nitrogens with zero attached hydrogens (tertiary/aromatic N) is 3. The summed E-state index contributed by atoms with van der Waals surface area (Å²) in [4.78, 5) is 4.41. The van der Waals surface area contributed by atoms with E-state index in [0.29, 0.717) is 18.2 Å². The Morgan fingerprint density at radius 3 is 2.84 bits per heavy atom. The van der Waals surface area contributed by atoms with Crippen molar-refractivity contribution in [2.45, 2.75) is 31.8 Å². The Morgan fingerprint density at radius 1 is 1.37 bits per heavy atom. The quantitative estimate of drug-likeness (QED) is 0.890. The highest BCUT2D eigenvalue weighted by atomic mass is 15.1. The summed E-state index contributed by atoms with van der Waals surface area (Å²) in [6.45, 7) is 0.465. The smallest absolute Gasteiger partial charge is 0.123 e. The van der Waals surface area contributed by atoms with Gasteiger partial charge >= 0.3 is 0 Å². The average Bonchev–Trinajstić information content (AvgIpc) is 2.90. The van der Waals surface area contributed by atoms with Crippen LogP contribution in [0.2, 0.25) is 0 Å². The second-order valence-electron chi connectivity index (χ2n) is 4.88. The first-order chi connectivity index (χ1) is 9.33. The predicted molar refractivity (Wildman–Crippen MR) is 72.4 cm³/mol. The molecule has 0 amide bonds. The lowest BCUT2D eigenvalue weighted by atomic mass is 9.95. The fraction of sp³-hybridized carbons (Fsp3) is 0.333. The standard InChI is InChI=1S/C15H16N4/c16-8-11-4-6-12(7-5-11)14-3-1-2-13-10-18-15(9-17)19(13)14/h4-7,10,14H,1-3,9,17H2. The molecule has 0 aliphatic carbocycles. The molecule has 1 aromatic heterocycles. The maximum Gasteiger partial charge on any atom is 0.123 e. The number of aryl methyl sites for hydroxylation is 1. The van der Waals surface area contributed by atoms with Crippen LogP contribution in [0.3, 0.4) is 0 Å². The van der Waals surface area contributed by atoms with E-state index in [1.807, 2.05) is 30.5 Å². The maximum absolute atomic E-state index is 8.86. The Hall–Kier alpha value is -2.12. The van der Waals surface area contributed by atoms with E-state index in [4.69, 9.17) is 11.0 Å². The van der Waals surface area contributed by atoms with E-state index in [1.54, 1.807) is 0 Å². The predicted octanol–water partition coefficient (Wildman–Crippen LogP) is 2.14. The van der Waals surface area contributed by atoms with Crippen LogP contribution < -0.4 is 5.73 Å². The van der Waals surface area contributed by atoms with Gasteiger partial charge in [0.2, 0.25) is 0 Å². The lowest BCUT2D eigenvalue weighted by Gasteiger charge is -2.27. The van der Waals surface area contributed by atoms with Crippen LogP contribution in [-0.4, -0.2) is 9.55 Å². The average molecular weight is 252 g/mol. The summed E-state index contributed by atoms with van der Waals surface area (Å²) in [6.07, 6.45) is 5.28. The molecule has 19 heavy (non-hydrogen) atoms. The Morgan fingerprint density at radius 2 is 2.16 bits per heavy atom. The third kappa shape index (κ3) is 2.02. The number of benzene rings is 1. The number of nitriles is 1. The van der Waals surface area contributed by atoms with Gasteiger partial charge in [-0.15, -0.1) is 0 Å². The maximum atomic E-state index is 8.86. The minimum absolute atomic E-state index is 0.303. The van der Waals surface area contributed by atoms with Crippen LogP contribution in [0.25, 0.3) is 0 Å². The number of hydrogen-bond acceptors (Lipinski definition) is 3. The largest absolute Gasteiger partial charge is 0.324 e. The van der Waals surface area contributed by atoms with E-state index in [1.165, 1.54) is 17.7 Å². The van der Waals surface area contributed by atoms with Crippen LogP contribution in [0.4, 0.5) is 0 Å². The molecule has 4 nitrogen and oxygen atoms in total. The van der Waals surface area contributed by atoms with Gasteiger partial charge in [-0.3, -0.25) is 0 Å². The Labute approximate surface area is 112 Å². The molecule has 1 unspecified atom stereocenters. The van der Waals surface area contributed by atoms with Crippen LogP contribution >= 0.6 is 0 Å². The van der Waals surface area contributed by atoms with Crippen molar-refractivity contribution < 1.29 is 0 Å². The van der Waals surface area contributed by atoms with E-state index in [9.17, 15) is 0 Å². The second kappa shape index (κ2) is 4.87. The molecule has 2 heterocycles. The van der Waals surface area contributed by atoms with E-state index in [2.05, 4.69) is 15.6 Å². The zero-order valence-corrected chi connectivity index (χ0v) is 10.7. The lowest BCUT2D eigenvalue weighted by Crippen LogP contribution is -2.22. The minimum Gasteiger partial charge on any atom is -0.324 e. The topological polar surface area (TPSA) is 67.6 Å². The molecule has 0 fully saturated rings. The molecular formula is C15H16N4. The van der Waals surface area contributed by atoms with Gasteiger partial charge in [0, 0.05) is 11.9 Å². The normalized spacial score (nSPS) is 17.8. The zero-order valence-electron chi connectivity index (χ0n) is 10.7. The summed E-state index contributed by atoms with van der Waals surface area (Å²) in [5.74, 6) is 0.948. The summed E-state index contributed by atoms with van der Waals surface area (Å²) in [5, 5.41) is 8.86. The molecule has 1 aromatic carbocycles. The molecule has 0 spiro atoms. The van der Waals surface area contributed by atoms with Crippen LogP contribution in [-0.2, 0) is 13.0 Å². The number of rotatable bonds is 2. The van der Waals surface area contributed by atoms with Crippen LogP contribution in [0, 0.1) is 11.3 Å². The summed E-state index contributed by atoms with van der Waals surface area (Å²) >= 11 is 0. The van der Waals surface area contributed by atoms with Gasteiger partial charge < -0.3 is 10.3 Å². The molecule has 1 aliphatic heterocycles. The van der Waals surface area contributed by atoms with Crippen molar-refractivity contribution >= 4 is 0 Å². The molecule has 0 saturated carbocycles. The fourth-order valence-corrected chi connectivity index (χ4v) is 2.86. The van der Waals surface area contributed by atoms with Crippen LogP contribution in [0.1, 0.15) is 41.5 Å². The fourth-order valence-electron chi connectivity index (χ4n) is 2.86. The monoisotopic (exact) mass is 252 g/mol. The molecule has 0 saturated heterocycles. The highest BCUT2D eigenvalue weighted by Gasteiger charge is 2.23. The highest BCUT2D eigenvalue weighted by Crippen LogP contribution is 2.32. The minimum atomic E-state index is 0.303. The third-order valence-electron chi connectivity index (χ3n) is 3.78. The molecule has 2 aromatic rings. The number of imidazole rings is 1. The van der Waals surface area contributed by atoms with Crippen molar-refractivity contribution in [1.82, 2.24) is 9.55 Å². The summed E-state index contributed by atoms with van der Waals surface area (Å²) in [7, 11) is 0. The molecule has 1 atom stereocenters. The van der Waals surface area contributed by atoms with E-state index < -0.39 is 0 Å². The first-order valence-electron chi connectivity index (χ1n) is 6.58. The lowest BCUT2D eigenvalue weighted by molar-refractivity contribution is 0.444. The Balaban J connectivity index is 2.02. The number of hydrogen-bond donors (Lipinski definition) is 1. The molecule has 3 rings (SSSR count). The Kier molecular flexibility index (Phi) is 3.06. The summed E-state index contributed by atoms with van der Waals surface area (Å²) in [6, 6.07) is 10.3. The van der Waals surface area contributed by atoms with E-state index in [0.717, 1.165) is 18.7 Å². The third-order valence-corrected chi connectivity index (χ3v) is 3.78. The van der Waals surface area contributed by atoms with Crippen molar-refractivity contribution in [3.63, 3.8) is 0 Å². The van der Waals surface area contributed by atoms with Crippen molar-refractivity contribution in [1.29, 1.82) is 5.26 Å². The molecule has 2 N–H and O–H groups in total. The summed E-state index contributed by atoms with van der Waals surface area (Å²) < 4.78 is 2.27. The van der Waals surface area contributed by atoms with Crippen LogP contribution in [0.15, 0.2) is 30.5 Å². The van der Waals surface area contributed by atoms with Gasteiger partial charge in [0.15, 0.2) is 0 Å². The van der Waals surface area contributed by atoms with Gasteiger partial charge in [0.05, 0.1) is 24.2 Å². The van der Waals surface area contributed by atoms with Gasteiger partial charge in [0.25, 0.3) is 0 Å². The van der Waals surface area contributed by atoms with Gasteiger partial charge in [0.1, 0.15) is 5.82 Å². The van der Waals surface area contributed by atoms with Crippen molar-refractivity contribution in [2.24, 2.45) is 5.73 Å². The Bertz CT molecular complexity index is 605. The number of aromatic nitrogens is 2. The molecule has 96 valence electrons. The van der Waals surface area contributed by atoms with Gasteiger partial charge in [-0.2, -0.15) is 5.26 Å². The first-order valence-corrected chi connectivity index (χ1v) is 6.58. The van der Waals surface area contributed by atoms with Crippen LogP contribution in [0.5, 0.6) is 0 Å². The number of fused-ring (bicyclic) bond motifs is 1. The number of nitrogens with two attached hydrogens (primary N) is 1. The molecular weight excluding hydrogens is 236 g/mol. The van der Waals surface area contributed by atoms with Gasteiger partial charge in [-0.05, 0) is 37.0 Å². The molecule has 0 radical (unpaired) electrons. The van der Waals surface area contributed by atoms with Crippen molar-refractivity contribution in [2.75, 3.05) is 0 Å². The molecule has 0 bridgehead atoms. The molecule has 1 aliphatic rings. The first kappa shape index (κ1) is 11.9. The zero-order chi connectivity index (χ0) is 13.2. The van der Waals surface area contributed by atoms with E-state index >= 15 is 0 Å². The van der Waals surface area contributed by atoms with Gasteiger partial charge in [-0.1, -0.05) is 12.1 Å². The van der Waals surface area contributed by atoms with Gasteiger partial charge in [-0.25, -0.2) is 4.98 Å². The van der Waals surface area contributed by atoms with E-state index in [-0.39, 0.29) is 0 Å².